The zero-order chi connectivity index (χ0) is 12.6. The van der Waals surface area contributed by atoms with Gasteiger partial charge in [0.2, 0.25) is 5.95 Å². The third-order valence-corrected chi connectivity index (χ3v) is 3.41. The van der Waals surface area contributed by atoms with Crippen molar-refractivity contribution < 1.29 is 4.74 Å². The van der Waals surface area contributed by atoms with Gasteiger partial charge in [-0.15, -0.1) is 11.3 Å². The van der Waals surface area contributed by atoms with Crippen molar-refractivity contribution in [2.24, 2.45) is 0 Å². The first kappa shape index (κ1) is 13.0. The highest BCUT2D eigenvalue weighted by Gasteiger charge is 2.03. The molecule has 0 aliphatic rings. The molecule has 0 radical (unpaired) electrons. The molecule has 0 fully saturated rings. The zero-order valence-electron chi connectivity index (χ0n) is 10.5. The highest BCUT2D eigenvalue weighted by atomic mass is 32.1. The Labute approximate surface area is 111 Å². The van der Waals surface area contributed by atoms with Crippen LogP contribution in [0.3, 0.4) is 0 Å². The van der Waals surface area contributed by atoms with Crippen molar-refractivity contribution in [1.29, 1.82) is 0 Å². The van der Waals surface area contributed by atoms with Crippen LogP contribution in [0.4, 0.5) is 5.95 Å². The molecule has 2 aromatic rings. The van der Waals surface area contributed by atoms with Gasteiger partial charge in [-0.05, 0) is 6.42 Å². The first-order chi connectivity index (χ1) is 8.90. The van der Waals surface area contributed by atoms with Gasteiger partial charge in [0.15, 0.2) is 0 Å². The second-order valence-corrected chi connectivity index (χ2v) is 4.87. The maximum atomic E-state index is 5.01. The Morgan fingerprint density at radius 2 is 2.33 bits per heavy atom. The topological polar surface area (TPSA) is 52.0 Å². The van der Waals surface area contributed by atoms with Gasteiger partial charge in [0.1, 0.15) is 0 Å². The summed E-state index contributed by atoms with van der Waals surface area (Å²) in [5.74, 6) is 0.919. The Bertz CT molecular complexity index is 441. The fourth-order valence-electron chi connectivity index (χ4n) is 1.67. The number of anilines is 1. The lowest BCUT2D eigenvalue weighted by Crippen LogP contribution is -2.11. The van der Waals surface area contributed by atoms with Gasteiger partial charge in [-0.25, -0.2) is 9.97 Å². The van der Waals surface area contributed by atoms with Gasteiger partial charge in [0.25, 0.3) is 0 Å². The summed E-state index contributed by atoms with van der Waals surface area (Å²) in [7, 11) is 1.72. The van der Waals surface area contributed by atoms with E-state index in [0.717, 1.165) is 43.5 Å². The molecule has 0 saturated heterocycles. The minimum atomic E-state index is 0.771. The minimum absolute atomic E-state index is 0.771. The SMILES string of the molecule is COCCCNc1nccn1CCc1nccs1. The quantitative estimate of drug-likeness (QED) is 0.743. The van der Waals surface area contributed by atoms with Gasteiger partial charge in [0, 0.05) is 57.2 Å². The van der Waals surface area contributed by atoms with Crippen LogP contribution < -0.4 is 5.32 Å². The number of aromatic nitrogens is 3. The fourth-order valence-corrected chi connectivity index (χ4v) is 2.28. The Morgan fingerprint density at radius 3 is 3.11 bits per heavy atom. The molecule has 0 bridgehead atoms. The molecule has 2 aromatic heterocycles. The predicted molar refractivity (Wildman–Crippen MR) is 73.0 cm³/mol. The van der Waals surface area contributed by atoms with Crippen molar-refractivity contribution >= 4 is 17.3 Å². The summed E-state index contributed by atoms with van der Waals surface area (Å²) in [4.78, 5) is 8.59. The maximum absolute atomic E-state index is 5.01. The highest BCUT2D eigenvalue weighted by molar-refractivity contribution is 7.09. The smallest absolute Gasteiger partial charge is 0.202 e. The minimum Gasteiger partial charge on any atom is -0.385 e. The number of hydrogen-bond acceptors (Lipinski definition) is 5. The van der Waals surface area contributed by atoms with E-state index in [4.69, 9.17) is 4.74 Å². The number of rotatable bonds is 8. The van der Waals surface area contributed by atoms with Crippen molar-refractivity contribution in [2.45, 2.75) is 19.4 Å². The molecular weight excluding hydrogens is 248 g/mol. The number of imidazole rings is 1. The van der Waals surface area contributed by atoms with Crippen LogP contribution in [0.2, 0.25) is 0 Å². The van der Waals surface area contributed by atoms with Crippen LogP contribution in [-0.2, 0) is 17.7 Å². The van der Waals surface area contributed by atoms with Crippen molar-refractivity contribution in [2.75, 3.05) is 25.6 Å². The lowest BCUT2D eigenvalue weighted by molar-refractivity contribution is 0.197. The van der Waals surface area contributed by atoms with E-state index >= 15 is 0 Å². The summed E-state index contributed by atoms with van der Waals surface area (Å²) in [5, 5.41) is 6.48. The number of hydrogen-bond donors (Lipinski definition) is 1. The molecule has 18 heavy (non-hydrogen) atoms. The van der Waals surface area contributed by atoms with Gasteiger partial charge in [-0.1, -0.05) is 0 Å². The Kier molecular flexibility index (Phi) is 5.16. The van der Waals surface area contributed by atoms with E-state index in [1.165, 1.54) is 0 Å². The third-order valence-electron chi connectivity index (χ3n) is 2.57. The van der Waals surface area contributed by atoms with E-state index in [1.807, 2.05) is 24.0 Å². The van der Waals surface area contributed by atoms with E-state index in [1.54, 1.807) is 18.4 Å². The highest BCUT2D eigenvalue weighted by Crippen LogP contribution is 2.09. The maximum Gasteiger partial charge on any atom is 0.202 e. The predicted octanol–water partition coefficient (Wildman–Crippen LogP) is 2.03. The number of ether oxygens (including phenoxy) is 1. The second-order valence-electron chi connectivity index (χ2n) is 3.89. The van der Waals surface area contributed by atoms with Crippen LogP contribution >= 0.6 is 11.3 Å². The molecule has 0 aliphatic heterocycles. The lowest BCUT2D eigenvalue weighted by atomic mass is 10.4. The standard InChI is InChI=1S/C12H18N4OS/c1-17-9-2-4-14-12-15-5-8-16(12)7-3-11-13-6-10-18-11/h5-6,8,10H,2-4,7,9H2,1H3,(H,14,15). The molecule has 2 heterocycles. The van der Waals surface area contributed by atoms with Gasteiger partial charge in [-0.2, -0.15) is 0 Å². The van der Waals surface area contributed by atoms with Crippen LogP contribution in [0.15, 0.2) is 24.0 Å². The Morgan fingerprint density at radius 1 is 1.39 bits per heavy atom. The molecule has 6 heteroatoms. The summed E-state index contributed by atoms with van der Waals surface area (Å²) in [6, 6.07) is 0. The number of thiazole rings is 1. The van der Waals surface area contributed by atoms with Gasteiger partial charge < -0.3 is 14.6 Å². The number of aryl methyl sites for hydroxylation is 2. The zero-order valence-corrected chi connectivity index (χ0v) is 11.3. The number of nitrogens with zero attached hydrogens (tertiary/aromatic N) is 3. The molecule has 0 unspecified atom stereocenters. The molecule has 0 spiro atoms. The Balaban J connectivity index is 1.79. The summed E-state index contributed by atoms with van der Waals surface area (Å²) in [5.41, 5.74) is 0. The first-order valence-corrected chi connectivity index (χ1v) is 6.90. The first-order valence-electron chi connectivity index (χ1n) is 6.02. The summed E-state index contributed by atoms with van der Waals surface area (Å²) in [6.45, 7) is 2.55. The largest absolute Gasteiger partial charge is 0.385 e. The molecule has 0 aromatic carbocycles. The molecule has 0 saturated carbocycles. The number of nitrogens with one attached hydrogen (secondary N) is 1. The molecule has 0 atom stereocenters. The van der Waals surface area contributed by atoms with E-state index in [9.17, 15) is 0 Å². The van der Waals surface area contributed by atoms with Crippen molar-refractivity contribution in [3.8, 4) is 0 Å². The average Bonchev–Trinajstić information content (AvgIpc) is 3.03. The van der Waals surface area contributed by atoms with Gasteiger partial charge in [-0.3, -0.25) is 0 Å². The van der Waals surface area contributed by atoms with Crippen LogP contribution in [0.5, 0.6) is 0 Å². The molecule has 98 valence electrons. The molecule has 0 amide bonds. The van der Waals surface area contributed by atoms with Crippen LogP contribution in [0.25, 0.3) is 0 Å². The fraction of sp³-hybridized carbons (Fsp3) is 0.500. The van der Waals surface area contributed by atoms with Crippen LogP contribution in [-0.4, -0.2) is 34.8 Å². The molecular formula is C12H18N4OS. The van der Waals surface area contributed by atoms with E-state index in [-0.39, 0.29) is 0 Å². The summed E-state index contributed by atoms with van der Waals surface area (Å²) in [6.07, 6.45) is 7.58. The van der Waals surface area contributed by atoms with E-state index in [2.05, 4.69) is 19.9 Å². The van der Waals surface area contributed by atoms with Crippen molar-refractivity contribution in [3.05, 3.63) is 29.0 Å². The van der Waals surface area contributed by atoms with E-state index in [0.29, 0.717) is 0 Å². The lowest BCUT2D eigenvalue weighted by Gasteiger charge is -2.08. The molecule has 1 N–H and O–H groups in total. The van der Waals surface area contributed by atoms with Gasteiger partial charge >= 0.3 is 0 Å². The normalized spacial score (nSPS) is 10.7. The molecule has 0 aliphatic carbocycles. The van der Waals surface area contributed by atoms with E-state index < -0.39 is 0 Å². The number of methoxy groups -OCH3 is 1. The monoisotopic (exact) mass is 266 g/mol. The van der Waals surface area contributed by atoms with Crippen molar-refractivity contribution in [3.63, 3.8) is 0 Å². The molecule has 5 nitrogen and oxygen atoms in total. The van der Waals surface area contributed by atoms with Crippen LogP contribution in [0, 0.1) is 0 Å². The van der Waals surface area contributed by atoms with Gasteiger partial charge in [0.05, 0.1) is 5.01 Å². The molecule has 2 rings (SSSR count). The second kappa shape index (κ2) is 7.13. The average molecular weight is 266 g/mol. The third kappa shape index (κ3) is 3.82. The summed E-state index contributed by atoms with van der Waals surface area (Å²) < 4.78 is 7.13. The Hall–Kier alpha value is -1.40. The van der Waals surface area contributed by atoms with Crippen LogP contribution in [0.1, 0.15) is 11.4 Å². The summed E-state index contributed by atoms with van der Waals surface area (Å²) >= 11 is 1.69. The van der Waals surface area contributed by atoms with Crippen molar-refractivity contribution in [1.82, 2.24) is 14.5 Å².